The monoisotopic (exact) mass is 251 g/mol. The first-order valence-corrected chi connectivity index (χ1v) is 6.04. The Morgan fingerprint density at radius 3 is 2.28 bits per heavy atom. The zero-order chi connectivity index (χ0) is 13.4. The average Bonchev–Trinajstić information content (AvgIpc) is 2.25. The van der Waals surface area contributed by atoms with Crippen molar-refractivity contribution in [2.24, 2.45) is 5.73 Å². The van der Waals surface area contributed by atoms with Crippen molar-refractivity contribution in [2.75, 3.05) is 27.4 Å². The van der Waals surface area contributed by atoms with E-state index in [0.717, 1.165) is 17.1 Å². The molecule has 0 atom stereocenters. The molecule has 2 N–H and O–H groups in total. The molecular weight excluding hydrogens is 230 g/mol. The smallest absolute Gasteiger partial charge is 0.123 e. The van der Waals surface area contributed by atoms with Gasteiger partial charge >= 0.3 is 0 Å². The van der Waals surface area contributed by atoms with Crippen LogP contribution in [0, 0.1) is 0 Å². The molecule has 1 heterocycles. The minimum Gasteiger partial charge on any atom is -0.497 e. The van der Waals surface area contributed by atoms with Crippen LogP contribution in [0.25, 0.3) is 0 Å². The molecule has 1 aromatic carbocycles. The van der Waals surface area contributed by atoms with Gasteiger partial charge in [-0.1, -0.05) is 0 Å². The molecule has 0 aliphatic carbocycles. The fourth-order valence-corrected chi connectivity index (χ4v) is 2.37. The second kappa shape index (κ2) is 4.44. The maximum atomic E-state index is 6.35. The molecule has 18 heavy (non-hydrogen) atoms. The summed E-state index contributed by atoms with van der Waals surface area (Å²) >= 11 is 0. The van der Waals surface area contributed by atoms with Gasteiger partial charge < -0.3 is 19.9 Å². The highest BCUT2D eigenvalue weighted by Gasteiger charge is 2.52. The van der Waals surface area contributed by atoms with Crippen molar-refractivity contribution in [3.63, 3.8) is 0 Å². The summed E-state index contributed by atoms with van der Waals surface area (Å²) in [6.45, 7) is 5.27. The van der Waals surface area contributed by atoms with Crippen LogP contribution in [0.2, 0.25) is 0 Å². The van der Waals surface area contributed by atoms with Crippen LogP contribution in [0.5, 0.6) is 11.5 Å². The van der Waals surface area contributed by atoms with Gasteiger partial charge in [0.1, 0.15) is 11.5 Å². The molecule has 1 saturated heterocycles. The molecule has 0 bridgehead atoms. The van der Waals surface area contributed by atoms with E-state index in [1.165, 1.54) is 0 Å². The number of hydrogen-bond acceptors (Lipinski definition) is 4. The summed E-state index contributed by atoms with van der Waals surface area (Å²) < 4.78 is 16.2. The Hall–Kier alpha value is -1.26. The van der Waals surface area contributed by atoms with Crippen LogP contribution in [0.15, 0.2) is 18.2 Å². The van der Waals surface area contributed by atoms with Gasteiger partial charge in [0, 0.05) is 11.1 Å². The molecule has 4 heteroatoms. The second-order valence-electron chi connectivity index (χ2n) is 5.36. The molecule has 2 rings (SSSR count). The molecule has 1 fully saturated rings. The Balaban J connectivity index is 2.54. The molecule has 4 nitrogen and oxygen atoms in total. The first kappa shape index (κ1) is 13.2. The molecule has 100 valence electrons. The molecule has 0 amide bonds. The van der Waals surface area contributed by atoms with Crippen molar-refractivity contribution in [2.45, 2.75) is 24.8 Å². The lowest BCUT2D eigenvalue weighted by molar-refractivity contribution is -0.0928. The Morgan fingerprint density at radius 1 is 1.22 bits per heavy atom. The number of nitrogens with two attached hydrogens (primary N) is 1. The van der Waals surface area contributed by atoms with Gasteiger partial charge in [0.2, 0.25) is 0 Å². The summed E-state index contributed by atoms with van der Waals surface area (Å²) in [5.74, 6) is 1.64. The summed E-state index contributed by atoms with van der Waals surface area (Å²) in [5, 5.41) is 0. The van der Waals surface area contributed by atoms with Gasteiger partial charge in [-0.25, -0.2) is 0 Å². The first-order chi connectivity index (χ1) is 8.44. The minimum absolute atomic E-state index is 0.215. The van der Waals surface area contributed by atoms with E-state index in [9.17, 15) is 0 Å². The number of benzene rings is 1. The Labute approximate surface area is 108 Å². The molecule has 0 aromatic heterocycles. The van der Waals surface area contributed by atoms with Crippen LogP contribution in [0.4, 0.5) is 0 Å². The lowest BCUT2D eigenvalue weighted by Crippen LogP contribution is -2.64. The summed E-state index contributed by atoms with van der Waals surface area (Å²) in [6.07, 6.45) is 0. The van der Waals surface area contributed by atoms with Crippen LogP contribution in [-0.2, 0) is 10.2 Å². The molecule has 0 unspecified atom stereocenters. The molecule has 0 spiro atoms. The minimum atomic E-state index is -0.384. The van der Waals surface area contributed by atoms with E-state index in [-0.39, 0.29) is 11.0 Å². The zero-order valence-electron chi connectivity index (χ0n) is 11.4. The third-order valence-electron chi connectivity index (χ3n) is 3.85. The van der Waals surface area contributed by atoms with Crippen molar-refractivity contribution < 1.29 is 14.2 Å². The summed E-state index contributed by atoms with van der Waals surface area (Å²) in [7, 11) is 3.32. The summed E-state index contributed by atoms with van der Waals surface area (Å²) in [5.41, 5.74) is 6.81. The van der Waals surface area contributed by atoms with Crippen molar-refractivity contribution in [1.82, 2.24) is 0 Å². The molecule has 1 aromatic rings. The predicted octanol–water partition coefficient (Wildman–Crippen LogP) is 1.71. The zero-order valence-corrected chi connectivity index (χ0v) is 11.4. The van der Waals surface area contributed by atoms with Gasteiger partial charge in [-0.15, -0.1) is 0 Å². The number of ether oxygens (including phenoxy) is 3. The van der Waals surface area contributed by atoms with Crippen molar-refractivity contribution in [3.05, 3.63) is 23.8 Å². The third-order valence-corrected chi connectivity index (χ3v) is 3.85. The van der Waals surface area contributed by atoms with E-state index >= 15 is 0 Å². The highest BCUT2D eigenvalue weighted by atomic mass is 16.5. The predicted molar refractivity (Wildman–Crippen MR) is 70.3 cm³/mol. The topological polar surface area (TPSA) is 53.7 Å². The molecule has 1 aliphatic heterocycles. The average molecular weight is 251 g/mol. The number of hydrogen-bond donors (Lipinski definition) is 1. The Kier molecular flexibility index (Phi) is 3.25. The van der Waals surface area contributed by atoms with Crippen LogP contribution in [0.3, 0.4) is 0 Å². The van der Waals surface area contributed by atoms with Crippen LogP contribution >= 0.6 is 0 Å². The number of methoxy groups -OCH3 is 2. The summed E-state index contributed by atoms with van der Waals surface area (Å²) in [6, 6.07) is 5.80. The largest absolute Gasteiger partial charge is 0.497 e. The maximum absolute atomic E-state index is 6.35. The van der Waals surface area contributed by atoms with Crippen molar-refractivity contribution >= 4 is 0 Å². The SMILES string of the molecule is COc1ccc(OC)c(C2(C(C)(C)N)COC2)c1. The Morgan fingerprint density at radius 2 is 1.89 bits per heavy atom. The van der Waals surface area contributed by atoms with E-state index in [1.54, 1.807) is 14.2 Å². The standard InChI is InChI=1S/C14H21NO3/c1-13(2,15)14(8-18-9-14)11-7-10(16-3)5-6-12(11)17-4/h5-7H,8-9,15H2,1-4H3. The first-order valence-electron chi connectivity index (χ1n) is 6.04. The fourth-order valence-electron chi connectivity index (χ4n) is 2.37. The van der Waals surface area contributed by atoms with Crippen molar-refractivity contribution in [1.29, 1.82) is 0 Å². The van der Waals surface area contributed by atoms with E-state index in [4.69, 9.17) is 19.9 Å². The van der Waals surface area contributed by atoms with Gasteiger partial charge in [0.25, 0.3) is 0 Å². The fraction of sp³-hybridized carbons (Fsp3) is 0.571. The molecular formula is C14H21NO3. The Bertz CT molecular complexity index is 433. The normalized spacial score (nSPS) is 18.1. The maximum Gasteiger partial charge on any atom is 0.123 e. The lowest BCUT2D eigenvalue weighted by Gasteiger charge is -2.51. The molecule has 0 radical (unpaired) electrons. The van der Waals surface area contributed by atoms with Gasteiger partial charge in [-0.2, -0.15) is 0 Å². The van der Waals surface area contributed by atoms with Crippen LogP contribution in [0.1, 0.15) is 19.4 Å². The van der Waals surface area contributed by atoms with Gasteiger partial charge in [-0.3, -0.25) is 0 Å². The van der Waals surface area contributed by atoms with Crippen molar-refractivity contribution in [3.8, 4) is 11.5 Å². The molecule has 0 saturated carbocycles. The lowest BCUT2D eigenvalue weighted by atomic mass is 9.65. The molecule has 1 aliphatic rings. The van der Waals surface area contributed by atoms with Gasteiger partial charge in [-0.05, 0) is 32.0 Å². The summed E-state index contributed by atoms with van der Waals surface area (Å²) in [4.78, 5) is 0. The van der Waals surface area contributed by atoms with Gasteiger partial charge in [0.15, 0.2) is 0 Å². The van der Waals surface area contributed by atoms with E-state index in [1.807, 2.05) is 32.0 Å². The number of rotatable bonds is 4. The third kappa shape index (κ3) is 1.85. The van der Waals surface area contributed by atoms with E-state index < -0.39 is 0 Å². The van der Waals surface area contributed by atoms with E-state index in [0.29, 0.717) is 13.2 Å². The highest BCUT2D eigenvalue weighted by molar-refractivity contribution is 5.48. The highest BCUT2D eigenvalue weighted by Crippen LogP contribution is 2.45. The van der Waals surface area contributed by atoms with Crippen LogP contribution < -0.4 is 15.2 Å². The quantitative estimate of drug-likeness (QED) is 0.885. The van der Waals surface area contributed by atoms with Gasteiger partial charge in [0.05, 0.1) is 32.8 Å². The van der Waals surface area contributed by atoms with E-state index in [2.05, 4.69) is 0 Å². The second-order valence-corrected chi connectivity index (χ2v) is 5.36. The van der Waals surface area contributed by atoms with Crippen LogP contribution in [-0.4, -0.2) is 33.0 Å².